The molecule has 0 saturated carbocycles. The smallest absolute Gasteiger partial charge is 0.401 e. The maximum Gasteiger partial charge on any atom is 0.471 e. The number of carbonyl (C=O) groups excluding carboxylic acids is 1. The number of nitrogens with one attached hydrogen (secondary N) is 1. The predicted molar refractivity (Wildman–Crippen MR) is 173 cm³/mol. The fourth-order valence-electron chi connectivity index (χ4n) is 4.55. The van der Waals surface area contributed by atoms with Crippen LogP contribution in [0.2, 0.25) is 18.1 Å². The second kappa shape index (κ2) is 17.7. The molecular formula is C27H53BF3N3O8P2Si. The Morgan fingerprint density at radius 1 is 1.16 bits per heavy atom. The fraction of sp³-hybridized carbons (Fsp3) is 0.926. The number of ether oxygens (including phenoxy) is 1. The summed E-state index contributed by atoms with van der Waals surface area (Å²) in [6, 6.07) is -0.167. The summed E-state index contributed by atoms with van der Waals surface area (Å²) in [5.74, 6) is -3.85. The molecule has 1 heterocycles. The van der Waals surface area contributed by atoms with E-state index in [4.69, 9.17) is 32.5 Å². The zero-order valence-electron chi connectivity index (χ0n) is 28.8. The van der Waals surface area contributed by atoms with Gasteiger partial charge in [0.05, 0.1) is 56.6 Å². The van der Waals surface area contributed by atoms with Gasteiger partial charge in [0.1, 0.15) is 7.85 Å². The first-order chi connectivity index (χ1) is 20.6. The molecule has 1 aliphatic heterocycles. The van der Waals surface area contributed by atoms with Gasteiger partial charge in [0.2, 0.25) is 0 Å². The van der Waals surface area contributed by atoms with E-state index in [0.29, 0.717) is 0 Å². The molecule has 0 bridgehead atoms. The number of hydrogen-bond donors (Lipinski definition) is 1. The fourth-order valence-corrected chi connectivity index (χ4v) is 10.5. The van der Waals surface area contributed by atoms with Gasteiger partial charge < -0.3 is 32.6 Å². The van der Waals surface area contributed by atoms with Crippen LogP contribution in [-0.2, 0) is 36.6 Å². The number of alkyl halides is 3. The van der Waals surface area contributed by atoms with E-state index in [2.05, 4.69) is 0 Å². The Hall–Kier alpha value is -0.588. The number of hydrogen-bond acceptors (Lipinski definition) is 10. The topological polar surface area (TPSA) is 129 Å². The van der Waals surface area contributed by atoms with Crippen molar-refractivity contribution in [3.8, 4) is 6.07 Å². The Labute approximate surface area is 270 Å². The van der Waals surface area contributed by atoms with Crippen LogP contribution < -0.4 is 5.32 Å². The average Bonchev–Trinajstić information content (AvgIpc) is 3.24. The highest BCUT2D eigenvalue weighted by molar-refractivity contribution is 7.54. The Morgan fingerprint density at radius 3 is 2.11 bits per heavy atom. The van der Waals surface area contributed by atoms with Crippen LogP contribution in [0.5, 0.6) is 0 Å². The van der Waals surface area contributed by atoms with Crippen LogP contribution in [0.4, 0.5) is 13.2 Å². The third-order valence-electron chi connectivity index (χ3n) is 7.68. The van der Waals surface area contributed by atoms with Crippen molar-refractivity contribution >= 4 is 38.2 Å². The molecule has 0 radical (unpaired) electrons. The molecule has 18 heteroatoms. The quantitative estimate of drug-likeness (QED) is 0.102. The van der Waals surface area contributed by atoms with Gasteiger partial charge in [-0.25, -0.2) is 4.67 Å². The van der Waals surface area contributed by atoms with Crippen molar-refractivity contribution < 1.29 is 49.8 Å². The molecule has 0 aromatic rings. The Balaban J connectivity index is 3.68. The molecule has 6 atom stereocenters. The van der Waals surface area contributed by atoms with Crippen LogP contribution in [0.3, 0.4) is 0 Å². The molecule has 262 valence electrons. The van der Waals surface area contributed by atoms with E-state index >= 15 is 0 Å². The Morgan fingerprint density at radius 2 is 1.69 bits per heavy atom. The number of nitrogens with zero attached hydrogens (tertiary/aromatic N) is 2. The van der Waals surface area contributed by atoms with Crippen molar-refractivity contribution in [3.63, 3.8) is 0 Å². The van der Waals surface area contributed by atoms with E-state index in [1.807, 2.05) is 77.6 Å². The van der Waals surface area contributed by atoms with E-state index in [-0.39, 0.29) is 44.7 Å². The van der Waals surface area contributed by atoms with E-state index in [1.54, 1.807) is 21.7 Å². The molecule has 0 spiro atoms. The lowest BCUT2D eigenvalue weighted by Gasteiger charge is -2.44. The number of carbonyl (C=O) groups is 1. The monoisotopic (exact) mass is 705 g/mol. The van der Waals surface area contributed by atoms with Gasteiger partial charge in [-0.05, 0) is 59.7 Å². The van der Waals surface area contributed by atoms with Gasteiger partial charge in [0, 0.05) is 18.5 Å². The SMILES string of the molecule is B[C@@H]1O[C@H](C(NC(=O)C(F)(F)F)C(O[Si](C)(C)C(C)(C)C)P(=O)(OCC)OCC)CC1OP(OCCC#N)N(C(C)C)C(C)C. The van der Waals surface area contributed by atoms with Crippen molar-refractivity contribution in [1.29, 1.82) is 5.26 Å². The Bertz CT molecular complexity index is 1010. The van der Waals surface area contributed by atoms with E-state index < -0.39 is 71.7 Å². The summed E-state index contributed by atoms with van der Waals surface area (Å²) in [5.41, 5.74) is 0. The maximum absolute atomic E-state index is 14.4. The molecule has 1 saturated heterocycles. The minimum absolute atomic E-state index is 0.0103. The summed E-state index contributed by atoms with van der Waals surface area (Å²) in [7, 11) is -7.16. The van der Waals surface area contributed by atoms with Crippen LogP contribution in [-0.4, -0.2) is 94.9 Å². The minimum Gasteiger partial charge on any atom is -0.401 e. The first kappa shape index (κ1) is 42.4. The highest BCUT2D eigenvalue weighted by atomic mass is 31.2. The number of amides is 1. The maximum atomic E-state index is 14.4. The molecule has 11 nitrogen and oxygen atoms in total. The van der Waals surface area contributed by atoms with Crippen molar-refractivity contribution in [3.05, 3.63) is 0 Å². The Kier molecular flexibility index (Phi) is 16.7. The van der Waals surface area contributed by atoms with Crippen molar-refractivity contribution in [2.75, 3.05) is 19.8 Å². The van der Waals surface area contributed by atoms with Crippen LogP contribution in [0.25, 0.3) is 0 Å². The molecule has 0 aromatic carbocycles. The summed E-state index contributed by atoms with van der Waals surface area (Å²) in [6.45, 7) is 20.5. The standard InChI is InChI=1S/C27H53BF3N3O8P2Si/c1-12-38-44(36,39-13-2)24(42-45(10,11)26(7,8)9)22(33-25(35)27(29,30)31)20-17-21(23(28)40-20)41-43(37-16-14-15-32)34(18(3)4)19(5)6/h18-24H,12-14,16-17,28H2,1-11H3,(H,33,35)/t20-,21?,22?,23+,24?,43?/m0/s1. The predicted octanol–water partition coefficient (Wildman–Crippen LogP) is 6.06. The van der Waals surface area contributed by atoms with Gasteiger partial charge in [-0.2, -0.15) is 18.4 Å². The minimum atomic E-state index is -5.24. The van der Waals surface area contributed by atoms with Crippen molar-refractivity contribution in [2.24, 2.45) is 0 Å². The van der Waals surface area contributed by atoms with Crippen molar-refractivity contribution in [2.45, 2.75) is 142 Å². The second-order valence-corrected chi connectivity index (χ2v) is 21.2. The first-order valence-electron chi connectivity index (χ1n) is 15.4. The number of halogens is 3. The summed E-state index contributed by atoms with van der Waals surface area (Å²) < 4.78 is 94.0. The summed E-state index contributed by atoms with van der Waals surface area (Å²) in [6.07, 6.45) is -6.88. The molecule has 0 aromatic heterocycles. The average molecular weight is 706 g/mol. The summed E-state index contributed by atoms with van der Waals surface area (Å²) in [4.78, 5) is 12.5. The normalized spacial score (nSPS) is 22.1. The molecule has 1 N–H and O–H groups in total. The highest BCUT2D eigenvalue weighted by Gasteiger charge is 2.55. The summed E-state index contributed by atoms with van der Waals surface area (Å²) in [5, 5.41) is 10.6. The molecule has 1 amide bonds. The van der Waals surface area contributed by atoms with Crippen LogP contribution in [0.1, 0.15) is 75.2 Å². The lowest BCUT2D eigenvalue weighted by molar-refractivity contribution is -0.175. The van der Waals surface area contributed by atoms with Gasteiger partial charge in [-0.15, -0.1) is 0 Å². The van der Waals surface area contributed by atoms with E-state index in [0.717, 1.165) is 0 Å². The second-order valence-electron chi connectivity index (χ2n) is 12.9. The van der Waals surface area contributed by atoms with Crippen molar-refractivity contribution in [1.82, 2.24) is 9.99 Å². The molecule has 4 unspecified atom stereocenters. The summed E-state index contributed by atoms with van der Waals surface area (Å²) >= 11 is 0. The molecule has 1 fully saturated rings. The zero-order chi connectivity index (χ0) is 35.0. The third kappa shape index (κ3) is 12.1. The third-order valence-corrected chi connectivity index (χ3v) is 16.8. The van der Waals surface area contributed by atoms with E-state index in [1.165, 1.54) is 0 Å². The van der Waals surface area contributed by atoms with Gasteiger partial charge in [0.15, 0.2) is 14.2 Å². The largest absolute Gasteiger partial charge is 0.471 e. The highest BCUT2D eigenvalue weighted by Crippen LogP contribution is 2.58. The molecule has 45 heavy (non-hydrogen) atoms. The van der Waals surface area contributed by atoms with Gasteiger partial charge >= 0.3 is 19.7 Å². The zero-order valence-corrected chi connectivity index (χ0v) is 31.6. The number of rotatable bonds is 18. The molecule has 1 aliphatic rings. The van der Waals surface area contributed by atoms with Crippen LogP contribution >= 0.6 is 16.1 Å². The van der Waals surface area contributed by atoms with Gasteiger partial charge in [-0.1, -0.05) is 20.8 Å². The lowest BCUT2D eigenvalue weighted by atomic mass is 9.94. The van der Waals surface area contributed by atoms with Gasteiger partial charge in [-0.3, -0.25) is 9.36 Å². The van der Waals surface area contributed by atoms with Gasteiger partial charge in [0.25, 0.3) is 8.53 Å². The van der Waals surface area contributed by atoms with E-state index in [9.17, 15) is 22.5 Å². The van der Waals surface area contributed by atoms with Crippen LogP contribution in [0, 0.1) is 11.3 Å². The first-order valence-corrected chi connectivity index (χ1v) is 21.1. The van der Waals surface area contributed by atoms with Crippen LogP contribution in [0.15, 0.2) is 0 Å². The molecular weight excluding hydrogens is 652 g/mol. The molecule has 1 rings (SSSR count). The lowest BCUT2D eigenvalue weighted by Crippen LogP contribution is -2.58. The number of nitriles is 1. The molecule has 0 aliphatic carbocycles.